The van der Waals surface area contributed by atoms with E-state index in [2.05, 4.69) is 25.3 Å². The average molecular weight is 324 g/mol. The summed E-state index contributed by atoms with van der Waals surface area (Å²) in [5, 5.41) is 3.16. The quantitative estimate of drug-likeness (QED) is 0.725. The number of carbonyl (C=O) groups is 1. The molecule has 24 heavy (non-hydrogen) atoms. The monoisotopic (exact) mass is 324 g/mol. The number of nitrogens with one attached hydrogen (secondary N) is 2. The molecule has 0 aromatic carbocycles. The van der Waals surface area contributed by atoms with Gasteiger partial charge in [0.15, 0.2) is 5.69 Å². The van der Waals surface area contributed by atoms with Gasteiger partial charge in [0.05, 0.1) is 11.0 Å². The van der Waals surface area contributed by atoms with E-state index >= 15 is 0 Å². The highest BCUT2D eigenvalue weighted by atomic mass is 16.2. The first kappa shape index (κ1) is 14.9. The molecule has 1 amide bonds. The minimum absolute atomic E-state index is 0.141. The van der Waals surface area contributed by atoms with E-state index in [0.29, 0.717) is 17.2 Å². The van der Waals surface area contributed by atoms with Gasteiger partial charge < -0.3 is 10.3 Å². The topological polar surface area (TPSA) is 88.5 Å². The molecule has 0 radical (unpaired) electrons. The van der Waals surface area contributed by atoms with Crippen LogP contribution in [-0.4, -0.2) is 36.5 Å². The highest BCUT2D eigenvalue weighted by molar-refractivity contribution is 6.03. The van der Waals surface area contributed by atoms with Crippen LogP contribution in [-0.2, 0) is 0 Å². The van der Waals surface area contributed by atoms with E-state index in [1.54, 1.807) is 29.5 Å². The van der Waals surface area contributed by atoms with Crippen molar-refractivity contribution in [1.29, 1.82) is 0 Å². The molecule has 124 valence electrons. The smallest absolute Gasteiger partial charge is 0.272 e. The Morgan fingerprint density at radius 3 is 2.79 bits per heavy atom. The maximum Gasteiger partial charge on any atom is 0.272 e. The fraction of sp³-hybridized carbons (Fsp3) is 0.412. The molecule has 0 saturated heterocycles. The Kier molecular flexibility index (Phi) is 3.98. The Balaban J connectivity index is 1.66. The van der Waals surface area contributed by atoms with E-state index < -0.39 is 0 Å². The maximum absolute atomic E-state index is 12.8. The van der Waals surface area contributed by atoms with Gasteiger partial charge in [-0.3, -0.25) is 9.36 Å². The van der Waals surface area contributed by atoms with Gasteiger partial charge in [-0.25, -0.2) is 15.0 Å². The summed E-state index contributed by atoms with van der Waals surface area (Å²) in [4.78, 5) is 28.9. The number of amides is 1. The first-order valence-electron chi connectivity index (χ1n) is 8.45. The van der Waals surface area contributed by atoms with Gasteiger partial charge >= 0.3 is 0 Å². The molecule has 3 aromatic rings. The summed E-state index contributed by atoms with van der Waals surface area (Å²) < 4.78 is 1.70. The van der Waals surface area contributed by atoms with Crippen LogP contribution in [0.4, 0.5) is 0 Å². The van der Waals surface area contributed by atoms with Crippen molar-refractivity contribution in [2.75, 3.05) is 0 Å². The fourth-order valence-corrected chi connectivity index (χ4v) is 3.27. The van der Waals surface area contributed by atoms with Gasteiger partial charge in [0.2, 0.25) is 5.95 Å². The van der Waals surface area contributed by atoms with E-state index in [-0.39, 0.29) is 11.9 Å². The molecule has 0 bridgehead atoms. The normalized spacial score (nSPS) is 16.2. The third-order valence-electron chi connectivity index (χ3n) is 4.53. The summed E-state index contributed by atoms with van der Waals surface area (Å²) in [7, 11) is 0. The molecule has 4 rings (SSSR count). The molecular formula is C17H20N6O. The molecule has 1 aliphatic carbocycles. The molecule has 0 unspecified atom stereocenters. The Bertz CT molecular complexity index is 830. The van der Waals surface area contributed by atoms with Crippen LogP contribution in [0.25, 0.3) is 17.0 Å². The summed E-state index contributed by atoms with van der Waals surface area (Å²) in [6, 6.07) is 2.08. The first-order valence-corrected chi connectivity index (χ1v) is 8.45. The van der Waals surface area contributed by atoms with Crippen molar-refractivity contribution in [2.45, 2.75) is 44.6 Å². The number of nitrogens with zero attached hydrogens (tertiary/aromatic N) is 4. The van der Waals surface area contributed by atoms with E-state index in [1.165, 1.54) is 25.7 Å². The lowest BCUT2D eigenvalue weighted by atomic mass is 10.1. The van der Waals surface area contributed by atoms with Crippen molar-refractivity contribution < 1.29 is 4.79 Å². The predicted molar refractivity (Wildman–Crippen MR) is 90.0 cm³/mol. The number of rotatable bonds is 3. The van der Waals surface area contributed by atoms with Gasteiger partial charge in [0.1, 0.15) is 6.33 Å². The highest BCUT2D eigenvalue weighted by Crippen LogP contribution is 2.19. The zero-order valence-corrected chi connectivity index (χ0v) is 13.4. The third-order valence-corrected chi connectivity index (χ3v) is 4.53. The SMILES string of the molecule is O=C(NC1CCCCCC1)c1nc(-n2ccnc2)nc2cc[nH]c12. The second-order valence-corrected chi connectivity index (χ2v) is 6.24. The van der Waals surface area contributed by atoms with Crippen LogP contribution in [0.3, 0.4) is 0 Å². The van der Waals surface area contributed by atoms with Gasteiger partial charge in [-0.05, 0) is 18.9 Å². The van der Waals surface area contributed by atoms with Crippen molar-refractivity contribution in [1.82, 2.24) is 29.8 Å². The number of aromatic amines is 1. The second kappa shape index (κ2) is 6.43. The van der Waals surface area contributed by atoms with Crippen LogP contribution in [0, 0.1) is 0 Å². The van der Waals surface area contributed by atoms with E-state index in [1.807, 2.05) is 6.07 Å². The number of H-pyrrole nitrogens is 1. The van der Waals surface area contributed by atoms with Gasteiger partial charge in [0.25, 0.3) is 5.91 Å². The molecule has 1 aliphatic rings. The van der Waals surface area contributed by atoms with E-state index in [9.17, 15) is 4.79 Å². The van der Waals surface area contributed by atoms with Crippen molar-refractivity contribution in [2.24, 2.45) is 0 Å². The van der Waals surface area contributed by atoms with Crippen molar-refractivity contribution >= 4 is 16.9 Å². The zero-order valence-electron chi connectivity index (χ0n) is 13.4. The van der Waals surface area contributed by atoms with Crippen LogP contribution in [0.2, 0.25) is 0 Å². The maximum atomic E-state index is 12.8. The van der Waals surface area contributed by atoms with E-state index in [4.69, 9.17) is 0 Å². The minimum Gasteiger partial charge on any atom is -0.358 e. The van der Waals surface area contributed by atoms with Crippen LogP contribution in [0.5, 0.6) is 0 Å². The fourth-order valence-electron chi connectivity index (χ4n) is 3.27. The molecule has 1 fully saturated rings. The predicted octanol–water partition coefficient (Wildman–Crippen LogP) is 2.60. The summed E-state index contributed by atoms with van der Waals surface area (Å²) >= 11 is 0. The zero-order chi connectivity index (χ0) is 16.4. The summed E-state index contributed by atoms with van der Waals surface area (Å²) in [5.74, 6) is 0.309. The summed E-state index contributed by atoms with van der Waals surface area (Å²) in [5.41, 5.74) is 1.78. The van der Waals surface area contributed by atoms with Crippen LogP contribution < -0.4 is 5.32 Å². The second-order valence-electron chi connectivity index (χ2n) is 6.24. The number of imidazole rings is 1. The molecule has 7 heteroatoms. The number of hydrogen-bond donors (Lipinski definition) is 2. The van der Waals surface area contributed by atoms with Crippen LogP contribution in [0.15, 0.2) is 31.0 Å². The number of hydrogen-bond acceptors (Lipinski definition) is 4. The number of aromatic nitrogens is 5. The molecular weight excluding hydrogens is 304 g/mol. The Labute approximate surface area is 139 Å². The molecule has 3 aromatic heterocycles. The standard InChI is InChI=1S/C17H20N6O/c24-16(20-12-5-3-1-2-4-6-12)15-14-13(7-8-19-14)21-17(22-15)23-10-9-18-11-23/h7-12,19H,1-6H2,(H,20,24). The van der Waals surface area contributed by atoms with Crippen LogP contribution >= 0.6 is 0 Å². The summed E-state index contributed by atoms with van der Waals surface area (Å²) in [6.45, 7) is 0. The lowest BCUT2D eigenvalue weighted by Gasteiger charge is -2.16. The Hall–Kier alpha value is -2.70. The number of carbonyl (C=O) groups excluding carboxylic acids is 1. The van der Waals surface area contributed by atoms with Crippen molar-refractivity contribution in [3.8, 4) is 5.95 Å². The highest BCUT2D eigenvalue weighted by Gasteiger charge is 2.20. The lowest BCUT2D eigenvalue weighted by molar-refractivity contribution is 0.0930. The van der Waals surface area contributed by atoms with Gasteiger partial charge in [0, 0.05) is 24.6 Å². The van der Waals surface area contributed by atoms with Gasteiger partial charge in [-0.15, -0.1) is 0 Å². The average Bonchev–Trinajstić information content (AvgIpc) is 3.22. The molecule has 0 aliphatic heterocycles. The van der Waals surface area contributed by atoms with Gasteiger partial charge in [-0.2, -0.15) is 0 Å². The largest absolute Gasteiger partial charge is 0.358 e. The molecule has 0 spiro atoms. The van der Waals surface area contributed by atoms with Crippen molar-refractivity contribution in [3.05, 3.63) is 36.7 Å². The first-order chi connectivity index (χ1) is 11.8. The molecule has 2 N–H and O–H groups in total. The molecule has 1 saturated carbocycles. The Morgan fingerprint density at radius 2 is 2.04 bits per heavy atom. The minimum atomic E-state index is -0.141. The Morgan fingerprint density at radius 1 is 1.21 bits per heavy atom. The lowest BCUT2D eigenvalue weighted by Crippen LogP contribution is -2.35. The molecule has 0 atom stereocenters. The third kappa shape index (κ3) is 2.89. The molecule has 7 nitrogen and oxygen atoms in total. The number of fused-ring (bicyclic) bond motifs is 1. The van der Waals surface area contributed by atoms with Crippen LogP contribution in [0.1, 0.15) is 49.0 Å². The van der Waals surface area contributed by atoms with Crippen molar-refractivity contribution in [3.63, 3.8) is 0 Å². The molecule has 3 heterocycles. The van der Waals surface area contributed by atoms with E-state index in [0.717, 1.165) is 18.4 Å². The van der Waals surface area contributed by atoms with Gasteiger partial charge in [-0.1, -0.05) is 25.7 Å². The summed E-state index contributed by atoms with van der Waals surface area (Å²) in [6.07, 6.45) is 13.8.